The normalized spacial score (nSPS) is 20.0. The van der Waals surface area contributed by atoms with Gasteiger partial charge in [-0.1, -0.05) is 6.92 Å². The molecule has 5 heteroatoms. The van der Waals surface area contributed by atoms with Gasteiger partial charge >= 0.3 is 0 Å². The molecule has 0 amide bonds. The van der Waals surface area contributed by atoms with E-state index >= 15 is 0 Å². The van der Waals surface area contributed by atoms with Crippen molar-refractivity contribution in [2.24, 2.45) is 0 Å². The fourth-order valence-corrected chi connectivity index (χ4v) is 2.68. The van der Waals surface area contributed by atoms with Gasteiger partial charge in [-0.2, -0.15) is 0 Å². The molecule has 1 aromatic rings. The predicted molar refractivity (Wildman–Crippen MR) is 77.8 cm³/mol. The fourth-order valence-electron chi connectivity index (χ4n) is 2.68. The summed E-state index contributed by atoms with van der Waals surface area (Å²) < 4.78 is 10.8. The van der Waals surface area contributed by atoms with E-state index in [2.05, 4.69) is 22.2 Å². The first kappa shape index (κ1) is 15.2. The number of nitrogens with one attached hydrogen (secondary N) is 1. The van der Waals surface area contributed by atoms with Crippen molar-refractivity contribution in [1.82, 2.24) is 15.3 Å². The molecule has 1 aromatic heterocycles. The molecule has 2 heterocycles. The van der Waals surface area contributed by atoms with Crippen LogP contribution in [0, 0.1) is 0 Å². The minimum Gasteiger partial charge on any atom is -0.481 e. The molecule has 1 N–H and O–H groups in total. The maximum absolute atomic E-state index is 5.67. The second-order valence-electron chi connectivity index (χ2n) is 5.16. The van der Waals surface area contributed by atoms with Gasteiger partial charge < -0.3 is 14.8 Å². The third kappa shape index (κ3) is 4.42. The Morgan fingerprint density at radius 1 is 1.50 bits per heavy atom. The van der Waals surface area contributed by atoms with Gasteiger partial charge in [0.2, 0.25) is 5.88 Å². The molecule has 0 saturated carbocycles. The smallest absolute Gasteiger partial charge is 0.216 e. The van der Waals surface area contributed by atoms with Crippen molar-refractivity contribution in [2.75, 3.05) is 20.3 Å². The first-order chi connectivity index (χ1) is 9.83. The van der Waals surface area contributed by atoms with Gasteiger partial charge in [-0.25, -0.2) is 9.97 Å². The molecule has 20 heavy (non-hydrogen) atoms. The zero-order valence-electron chi connectivity index (χ0n) is 12.5. The highest BCUT2D eigenvalue weighted by atomic mass is 16.5. The monoisotopic (exact) mass is 279 g/mol. The van der Waals surface area contributed by atoms with Crippen LogP contribution in [0.4, 0.5) is 0 Å². The summed E-state index contributed by atoms with van der Waals surface area (Å²) in [7, 11) is 1.63. The topological polar surface area (TPSA) is 56.3 Å². The van der Waals surface area contributed by atoms with Gasteiger partial charge in [-0.05, 0) is 38.6 Å². The van der Waals surface area contributed by atoms with E-state index in [4.69, 9.17) is 9.47 Å². The van der Waals surface area contributed by atoms with Gasteiger partial charge in [0.15, 0.2) is 0 Å². The van der Waals surface area contributed by atoms with Crippen LogP contribution in [0.5, 0.6) is 5.88 Å². The summed E-state index contributed by atoms with van der Waals surface area (Å²) >= 11 is 0. The van der Waals surface area contributed by atoms with Gasteiger partial charge in [0.1, 0.15) is 6.33 Å². The Hall–Kier alpha value is -1.20. The largest absolute Gasteiger partial charge is 0.481 e. The number of hydrogen-bond acceptors (Lipinski definition) is 5. The van der Waals surface area contributed by atoms with Crippen LogP contribution in [0.1, 0.15) is 50.8 Å². The molecule has 2 rings (SSSR count). The van der Waals surface area contributed by atoms with Crippen LogP contribution in [-0.4, -0.2) is 36.3 Å². The fraction of sp³-hybridized carbons (Fsp3) is 0.733. The molecule has 1 aliphatic rings. The minimum absolute atomic E-state index is 0.262. The molecular formula is C15H25N3O2. The first-order valence-corrected chi connectivity index (χ1v) is 7.54. The van der Waals surface area contributed by atoms with E-state index in [1.807, 2.05) is 6.07 Å². The number of aromatic nitrogens is 2. The van der Waals surface area contributed by atoms with E-state index in [9.17, 15) is 0 Å². The van der Waals surface area contributed by atoms with Crippen LogP contribution in [0.15, 0.2) is 12.4 Å². The molecule has 2 atom stereocenters. The molecule has 2 unspecified atom stereocenters. The summed E-state index contributed by atoms with van der Waals surface area (Å²) in [6.07, 6.45) is 7.82. The number of ether oxygens (including phenoxy) is 2. The maximum Gasteiger partial charge on any atom is 0.216 e. The highest BCUT2D eigenvalue weighted by Crippen LogP contribution is 2.23. The van der Waals surface area contributed by atoms with E-state index < -0.39 is 0 Å². The lowest BCUT2D eigenvalue weighted by Gasteiger charge is -2.18. The van der Waals surface area contributed by atoms with Gasteiger partial charge in [0.05, 0.1) is 18.9 Å². The average Bonchev–Trinajstić information content (AvgIpc) is 3.00. The summed E-state index contributed by atoms with van der Waals surface area (Å²) in [6, 6.07) is 2.18. The number of rotatable bonds is 8. The SMILES string of the molecule is CCNC(CCCC1CCCO1)c1cc(OC)ncn1. The average molecular weight is 279 g/mol. The number of methoxy groups -OCH3 is 1. The quantitative estimate of drug-likeness (QED) is 0.792. The Morgan fingerprint density at radius 3 is 3.10 bits per heavy atom. The van der Waals surface area contributed by atoms with Gasteiger partial charge in [-0.3, -0.25) is 0 Å². The Labute approximate surface area is 121 Å². The van der Waals surface area contributed by atoms with E-state index in [0.717, 1.165) is 38.1 Å². The van der Waals surface area contributed by atoms with Crippen LogP contribution in [0.3, 0.4) is 0 Å². The number of nitrogens with zero attached hydrogens (tertiary/aromatic N) is 2. The maximum atomic E-state index is 5.67. The Balaban J connectivity index is 1.87. The van der Waals surface area contributed by atoms with Crippen molar-refractivity contribution >= 4 is 0 Å². The predicted octanol–water partition coefficient (Wildman–Crippen LogP) is 2.49. The molecule has 0 aliphatic carbocycles. The third-order valence-electron chi connectivity index (χ3n) is 3.72. The first-order valence-electron chi connectivity index (χ1n) is 7.54. The van der Waals surface area contributed by atoms with E-state index in [1.165, 1.54) is 12.8 Å². The van der Waals surface area contributed by atoms with Crippen molar-refractivity contribution in [2.45, 2.75) is 51.2 Å². The highest BCUT2D eigenvalue weighted by molar-refractivity contribution is 5.16. The van der Waals surface area contributed by atoms with Crippen LogP contribution in [-0.2, 0) is 4.74 Å². The number of hydrogen-bond donors (Lipinski definition) is 1. The highest BCUT2D eigenvalue weighted by Gasteiger charge is 2.17. The van der Waals surface area contributed by atoms with Crippen molar-refractivity contribution in [3.8, 4) is 5.88 Å². The standard InChI is InChI=1S/C15H25N3O2/c1-3-16-13(8-4-6-12-7-5-9-20-12)14-10-15(19-2)18-11-17-14/h10-13,16H,3-9H2,1-2H3. The lowest BCUT2D eigenvalue weighted by atomic mass is 10.0. The van der Waals surface area contributed by atoms with Crippen LogP contribution in [0.25, 0.3) is 0 Å². The summed E-state index contributed by atoms with van der Waals surface area (Å²) in [5.74, 6) is 0.622. The van der Waals surface area contributed by atoms with Crippen molar-refractivity contribution < 1.29 is 9.47 Å². The molecule has 5 nitrogen and oxygen atoms in total. The molecule has 0 radical (unpaired) electrons. The lowest BCUT2D eigenvalue weighted by Crippen LogP contribution is -2.22. The molecule has 0 aromatic carbocycles. The molecule has 0 spiro atoms. The Bertz CT molecular complexity index is 394. The van der Waals surface area contributed by atoms with Crippen LogP contribution in [0.2, 0.25) is 0 Å². The Kier molecular flexibility index (Phi) is 6.21. The molecule has 1 aliphatic heterocycles. The second kappa shape index (κ2) is 8.17. The van der Waals surface area contributed by atoms with Crippen molar-refractivity contribution in [1.29, 1.82) is 0 Å². The zero-order valence-corrected chi connectivity index (χ0v) is 12.5. The zero-order chi connectivity index (χ0) is 14.2. The molecule has 1 fully saturated rings. The second-order valence-corrected chi connectivity index (χ2v) is 5.16. The van der Waals surface area contributed by atoms with Gasteiger partial charge in [-0.15, -0.1) is 0 Å². The van der Waals surface area contributed by atoms with Gasteiger partial charge in [0.25, 0.3) is 0 Å². The van der Waals surface area contributed by atoms with E-state index in [1.54, 1.807) is 13.4 Å². The van der Waals surface area contributed by atoms with E-state index in [-0.39, 0.29) is 6.04 Å². The molecule has 1 saturated heterocycles. The summed E-state index contributed by atoms with van der Waals surface area (Å²) in [4.78, 5) is 8.43. The van der Waals surface area contributed by atoms with Crippen LogP contribution >= 0.6 is 0 Å². The Morgan fingerprint density at radius 2 is 2.40 bits per heavy atom. The molecular weight excluding hydrogens is 254 g/mol. The minimum atomic E-state index is 0.262. The van der Waals surface area contributed by atoms with Crippen LogP contribution < -0.4 is 10.1 Å². The third-order valence-corrected chi connectivity index (χ3v) is 3.72. The van der Waals surface area contributed by atoms with Crippen molar-refractivity contribution in [3.05, 3.63) is 18.1 Å². The van der Waals surface area contributed by atoms with Crippen molar-refractivity contribution in [3.63, 3.8) is 0 Å². The molecule has 0 bridgehead atoms. The summed E-state index contributed by atoms with van der Waals surface area (Å²) in [5.41, 5.74) is 1.01. The summed E-state index contributed by atoms with van der Waals surface area (Å²) in [5, 5.41) is 3.49. The lowest BCUT2D eigenvalue weighted by molar-refractivity contribution is 0.101. The summed E-state index contributed by atoms with van der Waals surface area (Å²) in [6.45, 7) is 3.98. The molecule has 112 valence electrons. The van der Waals surface area contributed by atoms with E-state index in [0.29, 0.717) is 12.0 Å². The van der Waals surface area contributed by atoms with Gasteiger partial charge in [0, 0.05) is 18.7 Å².